The summed E-state index contributed by atoms with van der Waals surface area (Å²) in [5, 5.41) is 2.55. The van der Waals surface area contributed by atoms with Crippen LogP contribution in [0.2, 0.25) is 0 Å². The summed E-state index contributed by atoms with van der Waals surface area (Å²) in [5.74, 6) is 0.539. The quantitative estimate of drug-likeness (QED) is 0.216. The average molecular weight is 514 g/mol. The number of rotatable bonds is 5. The Bertz CT molecular complexity index is 1960. The third-order valence-electron chi connectivity index (χ3n) is 7.99. The number of hydrogen-bond acceptors (Lipinski definition) is 0. The third-order valence-corrected chi connectivity index (χ3v) is 7.99. The number of aromatic nitrogens is 1. The first kappa shape index (κ1) is 24.2. The minimum atomic E-state index is 0.539. The number of nitrogens with zero attached hydrogens (tertiary/aromatic N) is 1. The van der Waals surface area contributed by atoms with E-state index in [1.54, 1.807) is 0 Å². The van der Waals surface area contributed by atoms with E-state index >= 15 is 0 Å². The van der Waals surface area contributed by atoms with Crippen molar-refractivity contribution < 1.29 is 0 Å². The van der Waals surface area contributed by atoms with E-state index in [4.69, 9.17) is 0 Å². The van der Waals surface area contributed by atoms with Gasteiger partial charge in [-0.25, -0.2) is 0 Å². The Hall–Kier alpha value is -4.88. The highest BCUT2D eigenvalue weighted by Gasteiger charge is 2.13. The number of benzene rings is 6. The van der Waals surface area contributed by atoms with E-state index in [0.717, 1.165) is 0 Å². The van der Waals surface area contributed by atoms with E-state index in [1.165, 1.54) is 66.4 Å². The molecule has 0 aliphatic heterocycles. The maximum absolute atomic E-state index is 2.37. The van der Waals surface area contributed by atoms with Crippen LogP contribution < -0.4 is 0 Å². The predicted octanol–water partition coefficient (Wildman–Crippen LogP) is 10.9. The topological polar surface area (TPSA) is 4.93 Å². The zero-order valence-corrected chi connectivity index (χ0v) is 22.9. The lowest BCUT2D eigenvalue weighted by Crippen LogP contribution is -1.92. The molecule has 0 amide bonds. The lowest BCUT2D eigenvalue weighted by atomic mass is 9.94. The summed E-state index contributed by atoms with van der Waals surface area (Å²) in [7, 11) is 0. The minimum Gasteiger partial charge on any atom is -0.309 e. The van der Waals surface area contributed by atoms with Gasteiger partial charge in [0.25, 0.3) is 0 Å². The van der Waals surface area contributed by atoms with E-state index in [0.29, 0.717) is 5.92 Å². The van der Waals surface area contributed by atoms with Gasteiger partial charge >= 0.3 is 0 Å². The Morgan fingerprint density at radius 3 is 1.57 bits per heavy atom. The molecule has 0 unspecified atom stereocenters. The van der Waals surface area contributed by atoms with Crippen LogP contribution in [0, 0.1) is 0 Å². The molecular weight excluding hydrogens is 482 g/mol. The average Bonchev–Trinajstić information content (AvgIpc) is 3.35. The molecular formula is C39H31N. The lowest BCUT2D eigenvalue weighted by Gasteiger charge is -2.10. The van der Waals surface area contributed by atoms with Crippen LogP contribution in [0.15, 0.2) is 146 Å². The summed E-state index contributed by atoms with van der Waals surface area (Å²) in [4.78, 5) is 0. The molecule has 0 N–H and O–H groups in total. The first-order chi connectivity index (χ1) is 19.7. The van der Waals surface area contributed by atoms with E-state index < -0.39 is 0 Å². The fraction of sp³-hybridized carbons (Fsp3) is 0.0769. The van der Waals surface area contributed by atoms with Gasteiger partial charge in [-0.15, -0.1) is 0 Å². The van der Waals surface area contributed by atoms with Gasteiger partial charge in [0.05, 0.1) is 11.0 Å². The first-order valence-electron chi connectivity index (χ1n) is 14.1. The molecule has 6 aromatic carbocycles. The normalized spacial score (nSPS) is 11.5. The van der Waals surface area contributed by atoms with Gasteiger partial charge in [-0.05, 0) is 87.3 Å². The molecule has 1 heterocycles. The molecule has 0 radical (unpaired) electrons. The molecule has 7 aromatic rings. The highest BCUT2D eigenvalue weighted by molar-refractivity contribution is 6.10. The Labute approximate surface area is 236 Å². The van der Waals surface area contributed by atoms with Gasteiger partial charge in [-0.2, -0.15) is 0 Å². The van der Waals surface area contributed by atoms with Gasteiger partial charge in [0, 0.05) is 16.5 Å². The molecule has 1 nitrogen and oxygen atoms in total. The summed E-state index contributed by atoms with van der Waals surface area (Å²) < 4.78 is 2.37. The van der Waals surface area contributed by atoms with Gasteiger partial charge in [-0.3, -0.25) is 0 Å². The Morgan fingerprint density at radius 1 is 0.400 bits per heavy atom. The molecule has 0 spiro atoms. The molecule has 40 heavy (non-hydrogen) atoms. The fourth-order valence-electron chi connectivity index (χ4n) is 5.82. The molecule has 1 heteroatoms. The van der Waals surface area contributed by atoms with Gasteiger partial charge in [0.15, 0.2) is 0 Å². The van der Waals surface area contributed by atoms with Gasteiger partial charge in [-0.1, -0.05) is 117 Å². The minimum absolute atomic E-state index is 0.539. The molecule has 0 aliphatic rings. The Morgan fingerprint density at radius 2 is 0.925 bits per heavy atom. The first-order valence-corrected chi connectivity index (χ1v) is 14.1. The van der Waals surface area contributed by atoms with Crippen molar-refractivity contribution in [3.63, 3.8) is 0 Å². The third kappa shape index (κ3) is 4.30. The maximum atomic E-state index is 2.37. The molecule has 7 rings (SSSR count). The SMILES string of the molecule is CC(C)c1ccc(-c2cccc(-c3cccc(-c4ccc5c(c4)c4ccccc4n5-c4ccccc4)c3)c2)cc1. The summed E-state index contributed by atoms with van der Waals surface area (Å²) >= 11 is 0. The van der Waals surface area contributed by atoms with Crippen LogP contribution in [-0.4, -0.2) is 4.57 Å². The van der Waals surface area contributed by atoms with Gasteiger partial charge in [0.2, 0.25) is 0 Å². The van der Waals surface area contributed by atoms with Gasteiger partial charge in [0.1, 0.15) is 0 Å². The van der Waals surface area contributed by atoms with Crippen molar-refractivity contribution in [1.82, 2.24) is 4.57 Å². The summed E-state index contributed by atoms with van der Waals surface area (Å²) in [6.45, 7) is 4.48. The smallest absolute Gasteiger partial charge is 0.0541 e. The fourth-order valence-corrected chi connectivity index (χ4v) is 5.82. The molecule has 192 valence electrons. The van der Waals surface area contributed by atoms with Crippen molar-refractivity contribution in [2.45, 2.75) is 19.8 Å². The van der Waals surface area contributed by atoms with Crippen LogP contribution in [0.25, 0.3) is 60.9 Å². The van der Waals surface area contributed by atoms with E-state index in [-0.39, 0.29) is 0 Å². The van der Waals surface area contributed by atoms with Crippen LogP contribution in [0.3, 0.4) is 0 Å². The van der Waals surface area contributed by atoms with Crippen molar-refractivity contribution in [2.75, 3.05) is 0 Å². The zero-order chi connectivity index (χ0) is 27.1. The number of fused-ring (bicyclic) bond motifs is 3. The van der Waals surface area contributed by atoms with Crippen LogP contribution >= 0.6 is 0 Å². The lowest BCUT2D eigenvalue weighted by molar-refractivity contribution is 0.867. The summed E-state index contributed by atoms with van der Waals surface area (Å²) in [5.41, 5.74) is 12.4. The highest BCUT2D eigenvalue weighted by Crippen LogP contribution is 2.36. The van der Waals surface area contributed by atoms with Gasteiger partial charge < -0.3 is 4.57 Å². The largest absolute Gasteiger partial charge is 0.309 e. The van der Waals surface area contributed by atoms with Crippen LogP contribution in [0.1, 0.15) is 25.3 Å². The van der Waals surface area contributed by atoms with E-state index in [1.807, 2.05) is 0 Å². The van der Waals surface area contributed by atoms with Crippen LogP contribution in [0.4, 0.5) is 0 Å². The van der Waals surface area contributed by atoms with Crippen molar-refractivity contribution in [3.8, 4) is 39.1 Å². The Kier molecular flexibility index (Phi) is 6.06. The molecule has 0 atom stereocenters. The standard InChI is InChI=1S/C39H31N/c1-27(2)28-18-20-29(21-19-28)30-10-8-11-31(24-30)32-12-9-13-33(25-32)34-22-23-39-37(26-34)36-16-6-7-17-38(36)40(39)35-14-4-3-5-15-35/h3-27H,1-2H3. The van der Waals surface area contributed by atoms with Crippen molar-refractivity contribution in [2.24, 2.45) is 0 Å². The number of para-hydroxylation sites is 2. The van der Waals surface area contributed by atoms with Crippen LogP contribution in [-0.2, 0) is 0 Å². The molecule has 0 aliphatic carbocycles. The van der Waals surface area contributed by atoms with Crippen LogP contribution in [0.5, 0.6) is 0 Å². The maximum Gasteiger partial charge on any atom is 0.0541 e. The van der Waals surface area contributed by atoms with Crippen molar-refractivity contribution in [1.29, 1.82) is 0 Å². The second-order valence-corrected chi connectivity index (χ2v) is 10.9. The molecule has 0 saturated heterocycles. The summed E-state index contributed by atoms with van der Waals surface area (Å²) in [6, 6.07) is 53.0. The predicted molar refractivity (Wildman–Crippen MR) is 171 cm³/mol. The zero-order valence-electron chi connectivity index (χ0n) is 22.9. The number of hydrogen-bond donors (Lipinski definition) is 0. The second kappa shape index (κ2) is 10.0. The molecule has 0 fully saturated rings. The monoisotopic (exact) mass is 513 g/mol. The molecule has 1 aromatic heterocycles. The summed E-state index contributed by atoms with van der Waals surface area (Å²) in [6.07, 6.45) is 0. The van der Waals surface area contributed by atoms with Crippen molar-refractivity contribution in [3.05, 3.63) is 151 Å². The highest BCUT2D eigenvalue weighted by atomic mass is 15.0. The second-order valence-electron chi connectivity index (χ2n) is 10.9. The molecule has 0 saturated carbocycles. The Balaban J connectivity index is 1.29. The van der Waals surface area contributed by atoms with E-state index in [2.05, 4.69) is 164 Å². The van der Waals surface area contributed by atoms with E-state index in [9.17, 15) is 0 Å². The van der Waals surface area contributed by atoms with Crippen molar-refractivity contribution >= 4 is 21.8 Å². The molecule has 0 bridgehead atoms.